The van der Waals surface area contributed by atoms with Gasteiger partial charge in [0.1, 0.15) is 0 Å². The number of carbonyl (C=O) groups excluding carboxylic acids is 1. The van der Waals surface area contributed by atoms with Crippen molar-refractivity contribution >= 4 is 6.09 Å². The highest BCUT2D eigenvalue weighted by atomic mass is 16.6. The van der Waals surface area contributed by atoms with Crippen LogP contribution in [0.15, 0.2) is 12.3 Å². The maximum absolute atomic E-state index is 11.1. The average Bonchev–Trinajstić information content (AvgIpc) is 2.13. The van der Waals surface area contributed by atoms with Crippen LogP contribution >= 0.6 is 0 Å². The van der Waals surface area contributed by atoms with Crippen molar-refractivity contribution in [2.24, 2.45) is 0 Å². The summed E-state index contributed by atoms with van der Waals surface area (Å²) < 4.78 is 4.89. The molecule has 0 aromatic rings. The second-order valence-electron chi connectivity index (χ2n) is 3.15. The Morgan fingerprint density at radius 1 is 1.50 bits per heavy atom. The Bertz CT molecular complexity index is 203. The third kappa shape index (κ3) is 3.76. The molecule has 0 saturated carbocycles. The Morgan fingerprint density at radius 2 is 2.00 bits per heavy atom. The molecule has 0 aliphatic carbocycles. The highest BCUT2D eigenvalue weighted by Crippen LogP contribution is 2.14. The normalized spacial score (nSPS) is 10.9. The maximum Gasteiger partial charge on any atom is 0.412 e. The third-order valence-electron chi connectivity index (χ3n) is 1.85. The highest BCUT2D eigenvalue weighted by Gasteiger charge is 2.31. The van der Waals surface area contributed by atoms with Gasteiger partial charge in [0.25, 0.3) is 0 Å². The highest BCUT2D eigenvalue weighted by molar-refractivity contribution is 5.69. The maximum atomic E-state index is 11.1. The monoisotopic (exact) mass is 203 g/mol. The van der Waals surface area contributed by atoms with E-state index in [2.05, 4.69) is 11.9 Å². The fourth-order valence-electron chi connectivity index (χ4n) is 0.807. The molecule has 0 rings (SSSR count). The van der Waals surface area contributed by atoms with Crippen molar-refractivity contribution < 1.29 is 19.7 Å². The predicted molar refractivity (Wildman–Crippen MR) is 51.6 cm³/mol. The van der Waals surface area contributed by atoms with Crippen molar-refractivity contribution in [3.8, 4) is 0 Å². The van der Waals surface area contributed by atoms with Crippen molar-refractivity contribution in [3.05, 3.63) is 12.3 Å². The first-order chi connectivity index (χ1) is 6.49. The van der Waals surface area contributed by atoms with E-state index in [0.717, 1.165) is 0 Å². The molecular formula is C9H17NO4. The Kier molecular flexibility index (Phi) is 5.19. The van der Waals surface area contributed by atoms with E-state index < -0.39 is 24.9 Å². The van der Waals surface area contributed by atoms with Crippen LogP contribution in [0, 0.1) is 0 Å². The molecule has 0 atom stereocenters. The van der Waals surface area contributed by atoms with Gasteiger partial charge in [-0.15, -0.1) is 0 Å². The lowest BCUT2D eigenvalue weighted by Gasteiger charge is -2.28. The number of nitrogens with one attached hydrogen (secondary N) is 1. The number of carbonyl (C=O) groups is 1. The molecule has 1 amide bonds. The van der Waals surface area contributed by atoms with Crippen LogP contribution in [0.25, 0.3) is 0 Å². The molecule has 82 valence electrons. The van der Waals surface area contributed by atoms with E-state index in [9.17, 15) is 4.79 Å². The van der Waals surface area contributed by atoms with Gasteiger partial charge in [0.2, 0.25) is 0 Å². The molecule has 0 bridgehead atoms. The number of aliphatic hydroxyl groups is 2. The average molecular weight is 203 g/mol. The molecule has 0 unspecified atom stereocenters. The zero-order valence-electron chi connectivity index (χ0n) is 8.54. The zero-order valence-corrected chi connectivity index (χ0v) is 8.54. The summed E-state index contributed by atoms with van der Waals surface area (Å²) in [5.74, 6) is 0. The lowest BCUT2D eigenvalue weighted by Crippen LogP contribution is -2.44. The second-order valence-corrected chi connectivity index (χ2v) is 3.15. The van der Waals surface area contributed by atoms with Gasteiger partial charge in [-0.05, 0) is 13.3 Å². The molecule has 0 spiro atoms. The van der Waals surface area contributed by atoms with Crippen LogP contribution in [0.2, 0.25) is 0 Å². The number of ether oxygens (including phenoxy) is 1. The van der Waals surface area contributed by atoms with Crippen molar-refractivity contribution in [1.82, 2.24) is 5.32 Å². The SMILES string of the molecule is C=C(C)NC(=O)OC(CC)(CO)CO. The lowest BCUT2D eigenvalue weighted by atomic mass is 10.0. The summed E-state index contributed by atoms with van der Waals surface area (Å²) in [6.07, 6.45) is -0.383. The van der Waals surface area contributed by atoms with Gasteiger partial charge in [0, 0.05) is 5.70 Å². The van der Waals surface area contributed by atoms with Gasteiger partial charge in [-0.1, -0.05) is 13.5 Å². The molecule has 0 aliphatic rings. The fourth-order valence-corrected chi connectivity index (χ4v) is 0.807. The first kappa shape index (κ1) is 12.9. The second kappa shape index (κ2) is 5.62. The molecule has 0 aliphatic heterocycles. The molecule has 5 heteroatoms. The van der Waals surface area contributed by atoms with E-state index in [0.29, 0.717) is 12.1 Å². The summed E-state index contributed by atoms with van der Waals surface area (Å²) in [4.78, 5) is 11.1. The number of amides is 1. The minimum Gasteiger partial charge on any atom is -0.438 e. The Balaban J connectivity index is 4.29. The first-order valence-corrected chi connectivity index (χ1v) is 4.37. The van der Waals surface area contributed by atoms with Crippen LogP contribution in [0.5, 0.6) is 0 Å². The van der Waals surface area contributed by atoms with E-state index in [-0.39, 0.29) is 0 Å². The van der Waals surface area contributed by atoms with E-state index >= 15 is 0 Å². The Labute approximate surface area is 83.4 Å². The zero-order chi connectivity index (χ0) is 11.2. The van der Waals surface area contributed by atoms with E-state index in [4.69, 9.17) is 14.9 Å². The summed E-state index contributed by atoms with van der Waals surface area (Å²) >= 11 is 0. The van der Waals surface area contributed by atoms with E-state index in [1.807, 2.05) is 0 Å². The molecule has 0 aromatic carbocycles. The van der Waals surface area contributed by atoms with Crippen LogP contribution in [0.3, 0.4) is 0 Å². The molecule has 0 saturated heterocycles. The van der Waals surface area contributed by atoms with Gasteiger partial charge in [-0.25, -0.2) is 4.79 Å². The summed E-state index contributed by atoms with van der Waals surface area (Å²) in [5.41, 5.74) is -0.768. The minimum absolute atomic E-state index is 0.337. The largest absolute Gasteiger partial charge is 0.438 e. The standard InChI is InChI=1S/C9H17NO4/c1-4-9(5-11,6-12)14-8(13)10-7(2)3/h11-12H,2,4-6H2,1,3H3,(H,10,13). The Morgan fingerprint density at radius 3 is 2.29 bits per heavy atom. The number of allylic oxidation sites excluding steroid dienone is 1. The number of aliphatic hydroxyl groups excluding tert-OH is 2. The summed E-state index contributed by atoms with van der Waals surface area (Å²) in [6, 6.07) is 0. The number of hydrogen-bond acceptors (Lipinski definition) is 4. The summed E-state index contributed by atoms with van der Waals surface area (Å²) in [6.45, 7) is 5.95. The first-order valence-electron chi connectivity index (χ1n) is 4.37. The quantitative estimate of drug-likeness (QED) is 0.603. The predicted octanol–water partition coefficient (Wildman–Crippen LogP) is 0.380. The Hall–Kier alpha value is -1.07. The molecular weight excluding hydrogens is 186 g/mol. The van der Waals surface area contributed by atoms with Crippen LogP contribution in [0.1, 0.15) is 20.3 Å². The van der Waals surface area contributed by atoms with Gasteiger partial charge in [0.15, 0.2) is 5.60 Å². The van der Waals surface area contributed by atoms with Gasteiger partial charge >= 0.3 is 6.09 Å². The molecule has 0 heterocycles. The lowest BCUT2D eigenvalue weighted by molar-refractivity contribution is -0.0656. The van der Waals surface area contributed by atoms with Gasteiger partial charge in [-0.3, -0.25) is 5.32 Å². The van der Waals surface area contributed by atoms with Gasteiger partial charge in [0.05, 0.1) is 13.2 Å². The van der Waals surface area contributed by atoms with Crippen LogP contribution < -0.4 is 5.32 Å². The number of alkyl carbamates (subject to hydrolysis) is 1. The topological polar surface area (TPSA) is 78.8 Å². The number of hydrogen-bond donors (Lipinski definition) is 3. The van der Waals surface area contributed by atoms with Crippen LogP contribution in [-0.4, -0.2) is 35.1 Å². The van der Waals surface area contributed by atoms with Crippen LogP contribution in [-0.2, 0) is 4.74 Å². The van der Waals surface area contributed by atoms with Gasteiger partial charge in [-0.2, -0.15) is 0 Å². The van der Waals surface area contributed by atoms with Crippen molar-refractivity contribution in [3.63, 3.8) is 0 Å². The molecule has 5 nitrogen and oxygen atoms in total. The fraction of sp³-hybridized carbons (Fsp3) is 0.667. The number of rotatable bonds is 5. The van der Waals surface area contributed by atoms with Crippen LogP contribution in [0.4, 0.5) is 4.79 Å². The van der Waals surface area contributed by atoms with E-state index in [1.165, 1.54) is 0 Å². The van der Waals surface area contributed by atoms with Crippen molar-refractivity contribution in [2.45, 2.75) is 25.9 Å². The van der Waals surface area contributed by atoms with E-state index in [1.54, 1.807) is 13.8 Å². The van der Waals surface area contributed by atoms with Crippen molar-refractivity contribution in [1.29, 1.82) is 0 Å². The minimum atomic E-state index is -1.21. The molecule has 0 aromatic heterocycles. The molecule has 0 radical (unpaired) electrons. The molecule has 0 fully saturated rings. The third-order valence-corrected chi connectivity index (χ3v) is 1.85. The van der Waals surface area contributed by atoms with Gasteiger partial charge < -0.3 is 14.9 Å². The van der Waals surface area contributed by atoms with Crippen molar-refractivity contribution in [2.75, 3.05) is 13.2 Å². The smallest absolute Gasteiger partial charge is 0.412 e. The summed E-state index contributed by atoms with van der Waals surface area (Å²) in [5, 5.41) is 20.3. The summed E-state index contributed by atoms with van der Waals surface area (Å²) in [7, 11) is 0. The molecule has 3 N–H and O–H groups in total. The molecule has 14 heavy (non-hydrogen) atoms.